The number of methoxy groups -OCH3 is 1. The molecule has 1 aromatic carbocycles. The maximum Gasteiger partial charge on any atom is 0.339 e. The lowest BCUT2D eigenvalue weighted by atomic mass is 10.0. The number of ketones is 1. The van der Waals surface area contributed by atoms with E-state index < -0.39 is 11.8 Å². The highest BCUT2D eigenvalue weighted by atomic mass is 16.5. The van der Waals surface area contributed by atoms with E-state index >= 15 is 0 Å². The van der Waals surface area contributed by atoms with E-state index in [1.807, 2.05) is 0 Å². The van der Waals surface area contributed by atoms with Crippen molar-refractivity contribution in [3.63, 3.8) is 0 Å². The van der Waals surface area contributed by atoms with Crippen LogP contribution in [0.1, 0.15) is 40.3 Å². The average Bonchev–Trinajstić information content (AvgIpc) is 2.99. The standard InChI is InChI=1S/C15H15NO6/c1-8(2)21-15(19)10-7-13(20-3)11(17)6-9(10)14(18)12-4-5-16-22-12/h4-8,17H,1-3H3. The van der Waals surface area contributed by atoms with E-state index in [0.29, 0.717) is 0 Å². The third-order valence-electron chi connectivity index (χ3n) is 2.79. The monoisotopic (exact) mass is 305 g/mol. The number of carbonyl (C=O) groups excluding carboxylic acids is 2. The summed E-state index contributed by atoms with van der Waals surface area (Å²) in [6, 6.07) is 3.76. The fourth-order valence-corrected chi connectivity index (χ4v) is 1.83. The summed E-state index contributed by atoms with van der Waals surface area (Å²) >= 11 is 0. The van der Waals surface area contributed by atoms with Crippen LogP contribution in [-0.2, 0) is 4.74 Å². The number of rotatable bonds is 5. The van der Waals surface area contributed by atoms with Crippen LogP contribution < -0.4 is 4.74 Å². The number of carbonyl (C=O) groups is 2. The van der Waals surface area contributed by atoms with Gasteiger partial charge in [0.1, 0.15) is 0 Å². The third-order valence-corrected chi connectivity index (χ3v) is 2.79. The second kappa shape index (κ2) is 6.30. The summed E-state index contributed by atoms with van der Waals surface area (Å²) in [6.07, 6.45) is 0.948. The molecule has 0 unspecified atom stereocenters. The lowest BCUT2D eigenvalue weighted by Gasteiger charge is -2.13. The molecule has 0 aliphatic heterocycles. The Hall–Kier alpha value is -2.83. The first-order valence-electron chi connectivity index (χ1n) is 6.51. The van der Waals surface area contributed by atoms with Gasteiger partial charge in [-0.2, -0.15) is 0 Å². The number of aromatic nitrogens is 1. The van der Waals surface area contributed by atoms with Crippen molar-refractivity contribution in [1.82, 2.24) is 5.16 Å². The van der Waals surface area contributed by atoms with E-state index in [2.05, 4.69) is 5.16 Å². The molecule has 0 aliphatic rings. The Morgan fingerprint density at radius 3 is 2.55 bits per heavy atom. The SMILES string of the molecule is COc1cc(C(=O)OC(C)C)c(C(=O)c2ccno2)cc1O. The van der Waals surface area contributed by atoms with Crippen molar-refractivity contribution >= 4 is 11.8 Å². The summed E-state index contributed by atoms with van der Waals surface area (Å²) in [5, 5.41) is 13.3. The van der Waals surface area contributed by atoms with Crippen molar-refractivity contribution in [3.8, 4) is 11.5 Å². The molecule has 0 radical (unpaired) electrons. The van der Waals surface area contributed by atoms with E-state index in [4.69, 9.17) is 14.0 Å². The second-order valence-corrected chi connectivity index (χ2v) is 4.73. The van der Waals surface area contributed by atoms with E-state index in [1.165, 1.54) is 25.4 Å². The molecule has 0 atom stereocenters. The van der Waals surface area contributed by atoms with Gasteiger partial charge in [0.15, 0.2) is 11.5 Å². The smallest absolute Gasteiger partial charge is 0.339 e. The maximum atomic E-state index is 12.4. The molecule has 2 rings (SSSR count). The molecule has 1 N–H and O–H groups in total. The quantitative estimate of drug-likeness (QED) is 0.667. The minimum atomic E-state index is -0.698. The molecular formula is C15H15NO6. The number of aromatic hydroxyl groups is 1. The number of ether oxygens (including phenoxy) is 2. The van der Waals surface area contributed by atoms with Gasteiger partial charge in [-0.25, -0.2) is 4.79 Å². The molecule has 7 nitrogen and oxygen atoms in total. The number of hydrogen-bond donors (Lipinski definition) is 1. The molecule has 0 aliphatic carbocycles. The summed E-state index contributed by atoms with van der Waals surface area (Å²) < 4.78 is 14.9. The Morgan fingerprint density at radius 2 is 2.00 bits per heavy atom. The lowest BCUT2D eigenvalue weighted by Crippen LogP contribution is -2.16. The predicted molar refractivity (Wildman–Crippen MR) is 75.1 cm³/mol. The van der Waals surface area contributed by atoms with Gasteiger partial charge >= 0.3 is 5.97 Å². The van der Waals surface area contributed by atoms with Gasteiger partial charge in [0, 0.05) is 11.6 Å². The third kappa shape index (κ3) is 3.08. The van der Waals surface area contributed by atoms with Crippen molar-refractivity contribution in [2.24, 2.45) is 0 Å². The normalized spacial score (nSPS) is 10.5. The molecule has 0 saturated heterocycles. The molecule has 22 heavy (non-hydrogen) atoms. The molecule has 0 fully saturated rings. The number of phenols is 1. The average molecular weight is 305 g/mol. The first kappa shape index (κ1) is 15.6. The van der Waals surface area contributed by atoms with Crippen molar-refractivity contribution in [3.05, 3.63) is 41.3 Å². The van der Waals surface area contributed by atoms with Gasteiger partial charge in [-0.3, -0.25) is 4.79 Å². The molecule has 7 heteroatoms. The Bertz CT molecular complexity index is 690. The number of esters is 1. The van der Waals surface area contributed by atoms with Gasteiger partial charge in [-0.15, -0.1) is 0 Å². The number of phenolic OH excluding ortho intramolecular Hbond substituents is 1. The highest BCUT2D eigenvalue weighted by Crippen LogP contribution is 2.31. The molecule has 0 amide bonds. The van der Waals surface area contributed by atoms with Crippen LogP contribution in [0.4, 0.5) is 0 Å². The Kier molecular flexibility index (Phi) is 4.45. The van der Waals surface area contributed by atoms with Gasteiger partial charge in [-0.05, 0) is 26.0 Å². The van der Waals surface area contributed by atoms with E-state index in [9.17, 15) is 14.7 Å². The van der Waals surface area contributed by atoms with E-state index in [1.54, 1.807) is 13.8 Å². The molecule has 1 aromatic heterocycles. The van der Waals surface area contributed by atoms with Crippen molar-refractivity contribution in [2.75, 3.05) is 7.11 Å². The lowest BCUT2D eigenvalue weighted by molar-refractivity contribution is 0.0375. The van der Waals surface area contributed by atoms with Gasteiger partial charge in [0.05, 0.1) is 25.0 Å². The van der Waals surface area contributed by atoms with Crippen LogP contribution >= 0.6 is 0 Å². The summed E-state index contributed by atoms with van der Waals surface area (Å²) in [6.45, 7) is 3.38. The van der Waals surface area contributed by atoms with E-state index in [0.717, 1.165) is 6.07 Å². The molecule has 116 valence electrons. The molecule has 0 spiro atoms. The van der Waals surface area contributed by atoms with Crippen LogP contribution in [0, 0.1) is 0 Å². The van der Waals surface area contributed by atoms with Crippen LogP contribution in [0.3, 0.4) is 0 Å². The first-order valence-corrected chi connectivity index (χ1v) is 6.51. The van der Waals surface area contributed by atoms with Crippen LogP contribution in [-0.4, -0.2) is 35.2 Å². The molecular weight excluding hydrogens is 290 g/mol. The summed E-state index contributed by atoms with van der Waals surface area (Å²) in [5.41, 5.74) is -0.0783. The molecule has 1 heterocycles. The summed E-state index contributed by atoms with van der Waals surface area (Å²) in [7, 11) is 1.34. The fraction of sp³-hybridized carbons (Fsp3) is 0.267. The van der Waals surface area contributed by atoms with Gasteiger partial charge < -0.3 is 19.1 Å². The highest BCUT2D eigenvalue weighted by Gasteiger charge is 2.25. The zero-order valence-electron chi connectivity index (χ0n) is 12.3. The van der Waals surface area contributed by atoms with Crippen molar-refractivity contribution in [2.45, 2.75) is 20.0 Å². The maximum absolute atomic E-state index is 12.4. The molecule has 0 bridgehead atoms. The zero-order chi connectivity index (χ0) is 16.3. The second-order valence-electron chi connectivity index (χ2n) is 4.73. The summed E-state index contributed by atoms with van der Waals surface area (Å²) in [5.74, 6) is -1.55. The van der Waals surface area contributed by atoms with Gasteiger partial charge in [0.25, 0.3) is 0 Å². The minimum Gasteiger partial charge on any atom is -0.504 e. The van der Waals surface area contributed by atoms with Gasteiger partial charge in [-0.1, -0.05) is 5.16 Å². The molecule has 0 saturated carbocycles. The molecule has 2 aromatic rings. The summed E-state index contributed by atoms with van der Waals surface area (Å²) in [4.78, 5) is 24.5. The fourth-order valence-electron chi connectivity index (χ4n) is 1.83. The topological polar surface area (TPSA) is 98.9 Å². The largest absolute Gasteiger partial charge is 0.504 e. The van der Waals surface area contributed by atoms with Crippen LogP contribution in [0.25, 0.3) is 0 Å². The van der Waals surface area contributed by atoms with Crippen molar-refractivity contribution in [1.29, 1.82) is 0 Å². The Labute approximate surface area is 126 Å². The first-order chi connectivity index (χ1) is 10.4. The van der Waals surface area contributed by atoms with Crippen LogP contribution in [0.15, 0.2) is 28.9 Å². The van der Waals surface area contributed by atoms with Crippen LogP contribution in [0.2, 0.25) is 0 Å². The highest BCUT2D eigenvalue weighted by molar-refractivity contribution is 6.13. The number of nitrogens with zero attached hydrogens (tertiary/aromatic N) is 1. The Balaban J connectivity index is 2.53. The zero-order valence-corrected chi connectivity index (χ0v) is 12.3. The van der Waals surface area contributed by atoms with Crippen LogP contribution in [0.5, 0.6) is 11.5 Å². The number of benzene rings is 1. The Morgan fingerprint density at radius 1 is 1.27 bits per heavy atom. The minimum absolute atomic E-state index is 0.0234. The predicted octanol–water partition coefficient (Wildman–Crippen LogP) is 2.19. The van der Waals surface area contributed by atoms with Crippen molar-refractivity contribution < 1.29 is 28.7 Å². The van der Waals surface area contributed by atoms with E-state index in [-0.39, 0.29) is 34.5 Å². The number of hydrogen-bond acceptors (Lipinski definition) is 7. The van der Waals surface area contributed by atoms with Gasteiger partial charge in [0.2, 0.25) is 11.5 Å².